The summed E-state index contributed by atoms with van der Waals surface area (Å²) in [5, 5.41) is 8.63. The lowest BCUT2D eigenvalue weighted by Gasteiger charge is -1.94. The lowest BCUT2D eigenvalue weighted by atomic mass is 10.1. The Morgan fingerprint density at radius 3 is 2.31 bits per heavy atom. The van der Waals surface area contributed by atoms with Gasteiger partial charge in [-0.1, -0.05) is 0 Å². The van der Waals surface area contributed by atoms with Gasteiger partial charge in [0.05, 0.1) is 16.7 Å². The summed E-state index contributed by atoms with van der Waals surface area (Å²) < 4.78 is 4.30. The summed E-state index contributed by atoms with van der Waals surface area (Å²) in [4.78, 5) is 32.5. The number of fused-ring (bicyclic) bond motifs is 1. The van der Waals surface area contributed by atoms with Crippen LogP contribution in [0.3, 0.4) is 0 Å². The van der Waals surface area contributed by atoms with E-state index in [2.05, 4.69) is 17.4 Å². The molecule has 2 rings (SSSR count). The van der Waals surface area contributed by atoms with Crippen LogP contribution in [0.5, 0.6) is 0 Å². The average molecular weight is 399 g/mol. The van der Waals surface area contributed by atoms with Crippen molar-refractivity contribution in [3.63, 3.8) is 0 Å². The third-order valence-corrected chi connectivity index (χ3v) is 1.89. The maximum atomic E-state index is 11.0. The van der Waals surface area contributed by atoms with E-state index >= 15 is 0 Å². The van der Waals surface area contributed by atoms with E-state index in [9.17, 15) is 14.4 Å². The Kier molecular flexibility index (Phi) is 4.42. The smallest absolute Gasteiger partial charge is 0.346 e. The molecule has 0 unspecified atom stereocenters. The van der Waals surface area contributed by atoms with E-state index in [1.165, 1.54) is 12.1 Å². The van der Waals surface area contributed by atoms with Gasteiger partial charge in [-0.25, -0.2) is 14.4 Å². The maximum absolute atomic E-state index is 11.0. The zero-order valence-corrected chi connectivity index (χ0v) is 11.3. The number of esters is 2. The molecule has 1 aromatic carbocycles. The van der Waals surface area contributed by atoms with E-state index < -0.39 is 17.9 Å². The summed E-state index contributed by atoms with van der Waals surface area (Å²) in [6.45, 7) is 0. The summed E-state index contributed by atoms with van der Waals surface area (Å²) >= 11 is 4.87. The van der Waals surface area contributed by atoms with Crippen LogP contribution in [0.25, 0.3) is 0 Å². The van der Waals surface area contributed by atoms with Gasteiger partial charge >= 0.3 is 17.9 Å². The number of hydrogen-bond donors (Lipinski definition) is 1. The van der Waals surface area contributed by atoms with Crippen molar-refractivity contribution in [1.82, 2.24) is 0 Å². The van der Waals surface area contributed by atoms with Gasteiger partial charge in [-0.2, -0.15) is 0 Å². The van der Waals surface area contributed by atoms with Crippen LogP contribution in [0.4, 0.5) is 0 Å². The number of ether oxygens (including phenoxy) is 1. The number of halogens is 2. The Morgan fingerprint density at radius 1 is 1.19 bits per heavy atom. The monoisotopic (exact) mass is 398 g/mol. The molecule has 0 aromatic heterocycles. The Bertz CT molecular complexity index is 471. The molecule has 1 aromatic rings. The number of benzene rings is 1. The standard InChI is InChI=1S/C9H4O5.BrI/c10-7(11)4-1-2-5-6(3-4)9(13)14-8(5)12;1-2/h1-3H,(H,10,11);. The predicted molar refractivity (Wildman–Crippen MR) is 66.1 cm³/mol. The number of hydrogen-bond acceptors (Lipinski definition) is 4. The number of aromatic carboxylic acids is 1. The quantitative estimate of drug-likeness (QED) is 0.446. The first kappa shape index (κ1) is 13.1. The fraction of sp³-hybridized carbons (Fsp3) is 0. The predicted octanol–water partition coefficient (Wildman–Crippen LogP) is 2.43. The third-order valence-electron chi connectivity index (χ3n) is 1.89. The molecule has 0 saturated carbocycles. The molecule has 1 N–H and O–H groups in total. The first-order chi connectivity index (χ1) is 7.59. The van der Waals surface area contributed by atoms with Crippen LogP contribution in [-0.4, -0.2) is 23.0 Å². The van der Waals surface area contributed by atoms with Crippen LogP contribution in [-0.2, 0) is 4.74 Å². The van der Waals surface area contributed by atoms with Crippen molar-refractivity contribution in [3.8, 4) is 0 Å². The number of carbonyl (C=O) groups is 3. The van der Waals surface area contributed by atoms with E-state index in [0.29, 0.717) is 0 Å². The molecule has 0 bridgehead atoms. The second kappa shape index (κ2) is 5.39. The highest BCUT2D eigenvalue weighted by Crippen LogP contribution is 2.20. The summed E-state index contributed by atoms with van der Waals surface area (Å²) in [5.74, 6) is -2.69. The first-order valence-electron chi connectivity index (χ1n) is 3.88. The topological polar surface area (TPSA) is 80.7 Å². The Morgan fingerprint density at radius 2 is 1.75 bits per heavy atom. The third kappa shape index (κ3) is 2.40. The van der Waals surface area contributed by atoms with Crippen molar-refractivity contribution >= 4 is 51.0 Å². The highest BCUT2D eigenvalue weighted by molar-refractivity contribution is 14.2. The minimum absolute atomic E-state index is 0.00917. The molecule has 0 saturated heterocycles. The van der Waals surface area contributed by atoms with Gasteiger partial charge in [0.25, 0.3) is 0 Å². The number of carbonyl (C=O) groups excluding carboxylic acids is 2. The lowest BCUT2D eigenvalue weighted by Crippen LogP contribution is -2.00. The van der Waals surface area contributed by atoms with Crippen LogP contribution in [0.2, 0.25) is 0 Å². The Hall–Kier alpha value is -0.960. The number of cyclic esters (lactones) is 2. The van der Waals surface area contributed by atoms with E-state index in [1.54, 1.807) is 0 Å². The van der Waals surface area contributed by atoms with E-state index in [-0.39, 0.29) is 16.7 Å². The Balaban J connectivity index is 0.000000606. The van der Waals surface area contributed by atoms with Crippen LogP contribution in [0.15, 0.2) is 18.2 Å². The summed E-state index contributed by atoms with van der Waals surface area (Å²) in [6.07, 6.45) is 0. The van der Waals surface area contributed by atoms with Crippen molar-refractivity contribution < 1.29 is 24.2 Å². The van der Waals surface area contributed by atoms with Crippen molar-refractivity contribution in [3.05, 3.63) is 34.9 Å². The highest BCUT2D eigenvalue weighted by atomic mass is 127. The summed E-state index contributed by atoms with van der Waals surface area (Å²) in [6, 6.07) is 3.65. The molecular weight excluding hydrogens is 395 g/mol. The molecule has 1 heterocycles. The molecule has 84 valence electrons. The molecule has 0 aliphatic carbocycles. The minimum atomic E-state index is -1.15. The van der Waals surface area contributed by atoms with Gasteiger partial charge in [-0.15, -0.1) is 0 Å². The summed E-state index contributed by atoms with van der Waals surface area (Å²) in [7, 11) is 0. The zero-order chi connectivity index (χ0) is 12.3. The highest BCUT2D eigenvalue weighted by Gasteiger charge is 2.30. The molecule has 5 nitrogen and oxygen atoms in total. The first-order valence-corrected chi connectivity index (χ1v) is 8.71. The molecule has 0 amide bonds. The second-order valence-electron chi connectivity index (χ2n) is 2.74. The number of carboxylic acids is 1. The zero-order valence-electron chi connectivity index (χ0n) is 7.57. The van der Waals surface area contributed by atoms with Gasteiger partial charge in [0.15, 0.2) is 0 Å². The van der Waals surface area contributed by atoms with Gasteiger partial charge in [0, 0.05) is 20.4 Å². The van der Waals surface area contributed by atoms with Crippen LogP contribution >= 0.6 is 33.1 Å². The molecular formula is C9H4BrIO5. The van der Waals surface area contributed by atoms with Gasteiger partial charge in [0.1, 0.15) is 0 Å². The van der Waals surface area contributed by atoms with E-state index in [0.717, 1.165) is 6.07 Å². The van der Waals surface area contributed by atoms with Crippen LogP contribution in [0.1, 0.15) is 31.1 Å². The SMILES string of the molecule is BrI.O=C(O)c1ccc2c(c1)C(=O)OC2=O. The van der Waals surface area contributed by atoms with E-state index in [4.69, 9.17) is 5.11 Å². The normalized spacial score (nSPS) is 12.4. The van der Waals surface area contributed by atoms with Gasteiger partial charge in [0.2, 0.25) is 0 Å². The van der Waals surface area contributed by atoms with Crippen molar-refractivity contribution in [2.24, 2.45) is 0 Å². The fourth-order valence-electron chi connectivity index (χ4n) is 1.22. The van der Waals surface area contributed by atoms with Crippen LogP contribution in [0, 0.1) is 0 Å². The van der Waals surface area contributed by atoms with Crippen molar-refractivity contribution in [1.29, 1.82) is 0 Å². The molecule has 0 atom stereocenters. The summed E-state index contributed by atoms with van der Waals surface area (Å²) in [5.41, 5.74) is 0.0744. The van der Waals surface area contributed by atoms with Gasteiger partial charge < -0.3 is 9.84 Å². The lowest BCUT2D eigenvalue weighted by molar-refractivity contribution is 0.0443. The molecule has 1 aliphatic rings. The molecule has 0 fully saturated rings. The Labute approximate surface area is 110 Å². The van der Waals surface area contributed by atoms with Gasteiger partial charge in [-0.3, -0.25) is 0 Å². The molecule has 16 heavy (non-hydrogen) atoms. The molecule has 0 spiro atoms. The van der Waals surface area contributed by atoms with E-state index in [1.807, 2.05) is 20.4 Å². The van der Waals surface area contributed by atoms with Crippen molar-refractivity contribution in [2.45, 2.75) is 0 Å². The minimum Gasteiger partial charge on any atom is -0.478 e. The second-order valence-corrected chi connectivity index (χ2v) is 2.74. The maximum Gasteiger partial charge on any atom is 0.346 e. The number of carboxylic acid groups (broad SMARTS) is 1. The number of rotatable bonds is 1. The largest absolute Gasteiger partial charge is 0.478 e. The van der Waals surface area contributed by atoms with Crippen molar-refractivity contribution in [2.75, 3.05) is 0 Å². The molecule has 7 heteroatoms. The molecule has 1 aliphatic heterocycles. The average Bonchev–Trinajstić information content (AvgIpc) is 2.57. The van der Waals surface area contributed by atoms with Gasteiger partial charge in [-0.05, 0) is 30.9 Å². The van der Waals surface area contributed by atoms with Crippen LogP contribution < -0.4 is 0 Å². The molecule has 0 radical (unpaired) electrons. The fourth-order valence-corrected chi connectivity index (χ4v) is 1.22.